The average Bonchev–Trinajstić information content (AvgIpc) is 3.21. The Labute approximate surface area is 160 Å². The summed E-state index contributed by atoms with van der Waals surface area (Å²) < 4.78 is 16.3. The van der Waals surface area contributed by atoms with Crippen molar-refractivity contribution in [2.45, 2.75) is 0 Å². The van der Waals surface area contributed by atoms with E-state index in [1.54, 1.807) is 7.11 Å². The van der Waals surface area contributed by atoms with E-state index in [-0.39, 0.29) is 6.79 Å². The number of ether oxygens (including phenoxy) is 3. The van der Waals surface area contributed by atoms with Gasteiger partial charge in [0.25, 0.3) is 0 Å². The maximum atomic E-state index is 6.17. The summed E-state index contributed by atoms with van der Waals surface area (Å²) in [6, 6.07) is 15.5. The first-order chi connectivity index (χ1) is 13.7. The van der Waals surface area contributed by atoms with Crippen LogP contribution in [0.2, 0.25) is 0 Å². The molecule has 0 aliphatic carbocycles. The largest absolute Gasteiger partial charge is 0.497 e. The zero-order chi connectivity index (χ0) is 19.1. The van der Waals surface area contributed by atoms with Gasteiger partial charge in [0.1, 0.15) is 17.9 Å². The van der Waals surface area contributed by atoms with Crippen LogP contribution in [0, 0.1) is 0 Å². The van der Waals surface area contributed by atoms with Crippen molar-refractivity contribution in [3.8, 4) is 39.6 Å². The first-order valence-electron chi connectivity index (χ1n) is 8.68. The minimum absolute atomic E-state index is 0.225. The van der Waals surface area contributed by atoms with Gasteiger partial charge in [-0.1, -0.05) is 12.1 Å². The molecule has 5 rings (SSSR count). The van der Waals surface area contributed by atoms with Crippen LogP contribution in [-0.4, -0.2) is 28.9 Å². The van der Waals surface area contributed by atoms with E-state index >= 15 is 0 Å². The van der Waals surface area contributed by atoms with Gasteiger partial charge in [-0.05, 0) is 47.5 Å². The molecule has 2 N–H and O–H groups in total. The van der Waals surface area contributed by atoms with E-state index in [0.717, 1.165) is 33.9 Å². The van der Waals surface area contributed by atoms with E-state index in [4.69, 9.17) is 24.9 Å². The first kappa shape index (κ1) is 16.3. The van der Waals surface area contributed by atoms with Gasteiger partial charge in [0.2, 0.25) is 6.79 Å². The van der Waals surface area contributed by atoms with E-state index in [1.165, 1.54) is 6.33 Å². The lowest BCUT2D eigenvalue weighted by atomic mass is 9.99. The summed E-state index contributed by atoms with van der Waals surface area (Å²) in [6.07, 6.45) is 1.42. The van der Waals surface area contributed by atoms with Crippen molar-refractivity contribution in [3.05, 3.63) is 54.9 Å². The molecule has 0 saturated heterocycles. The Balaban J connectivity index is 1.76. The summed E-state index contributed by atoms with van der Waals surface area (Å²) in [7, 11) is 1.64. The summed E-state index contributed by atoms with van der Waals surface area (Å²) >= 11 is 0. The second-order valence-electron chi connectivity index (χ2n) is 6.31. The van der Waals surface area contributed by atoms with Crippen molar-refractivity contribution in [1.82, 2.24) is 15.0 Å². The zero-order valence-corrected chi connectivity index (χ0v) is 15.0. The number of benzene rings is 2. The van der Waals surface area contributed by atoms with Crippen molar-refractivity contribution in [2.24, 2.45) is 0 Å². The smallest absolute Gasteiger partial charge is 0.231 e. The standard InChI is InChI=1S/C21H16N4O3/c1-26-14-4-2-3-12(7-14)15-9-16(25-21-19(15)20(22)23-10-24-21)13-5-6-17-18(8-13)28-11-27-17/h2-10H,11H2,1H3,(H2,22,23,24,25). The summed E-state index contributed by atoms with van der Waals surface area (Å²) in [5.41, 5.74) is 10.2. The molecule has 28 heavy (non-hydrogen) atoms. The number of pyridine rings is 1. The number of anilines is 1. The van der Waals surface area contributed by atoms with Crippen LogP contribution < -0.4 is 19.9 Å². The number of rotatable bonds is 3. The summed E-state index contributed by atoms with van der Waals surface area (Å²) in [4.78, 5) is 13.2. The van der Waals surface area contributed by atoms with Gasteiger partial charge < -0.3 is 19.9 Å². The topological polar surface area (TPSA) is 92.4 Å². The molecule has 2 aromatic carbocycles. The highest BCUT2D eigenvalue weighted by molar-refractivity contribution is 6.01. The zero-order valence-electron chi connectivity index (χ0n) is 15.0. The third-order valence-electron chi connectivity index (χ3n) is 4.68. The molecule has 7 nitrogen and oxygen atoms in total. The Kier molecular flexibility index (Phi) is 3.72. The number of hydrogen-bond acceptors (Lipinski definition) is 7. The summed E-state index contributed by atoms with van der Waals surface area (Å²) in [6.45, 7) is 0.225. The fraction of sp³-hybridized carbons (Fsp3) is 0.0952. The lowest BCUT2D eigenvalue weighted by Crippen LogP contribution is -1.99. The average molecular weight is 372 g/mol. The van der Waals surface area contributed by atoms with Gasteiger partial charge in [-0.15, -0.1) is 0 Å². The highest BCUT2D eigenvalue weighted by atomic mass is 16.7. The molecule has 0 radical (unpaired) electrons. The fourth-order valence-electron chi connectivity index (χ4n) is 3.31. The van der Waals surface area contributed by atoms with Gasteiger partial charge in [-0.3, -0.25) is 0 Å². The molecule has 2 aromatic heterocycles. The van der Waals surface area contributed by atoms with E-state index < -0.39 is 0 Å². The second kappa shape index (κ2) is 6.38. The Morgan fingerprint density at radius 2 is 1.86 bits per heavy atom. The Hall–Kier alpha value is -3.87. The fourth-order valence-corrected chi connectivity index (χ4v) is 3.31. The lowest BCUT2D eigenvalue weighted by molar-refractivity contribution is 0.174. The van der Waals surface area contributed by atoms with Crippen molar-refractivity contribution in [3.63, 3.8) is 0 Å². The van der Waals surface area contributed by atoms with Crippen molar-refractivity contribution in [2.75, 3.05) is 19.6 Å². The maximum Gasteiger partial charge on any atom is 0.231 e. The van der Waals surface area contributed by atoms with Crippen LogP contribution in [-0.2, 0) is 0 Å². The maximum absolute atomic E-state index is 6.17. The predicted molar refractivity (Wildman–Crippen MR) is 105 cm³/mol. The molecule has 138 valence electrons. The van der Waals surface area contributed by atoms with Crippen molar-refractivity contribution >= 4 is 16.9 Å². The molecule has 0 fully saturated rings. The molecule has 0 amide bonds. The van der Waals surface area contributed by atoms with Gasteiger partial charge in [0, 0.05) is 5.56 Å². The van der Waals surface area contributed by atoms with Gasteiger partial charge in [-0.25, -0.2) is 15.0 Å². The molecule has 0 unspecified atom stereocenters. The Morgan fingerprint density at radius 1 is 0.964 bits per heavy atom. The predicted octanol–water partition coefficient (Wildman–Crippen LogP) is 3.68. The van der Waals surface area contributed by atoms with Crippen LogP contribution in [0.3, 0.4) is 0 Å². The van der Waals surface area contributed by atoms with Crippen LogP contribution in [0.1, 0.15) is 0 Å². The third kappa shape index (κ3) is 2.64. The van der Waals surface area contributed by atoms with E-state index in [1.807, 2.05) is 48.5 Å². The van der Waals surface area contributed by atoms with Gasteiger partial charge in [0.05, 0.1) is 18.2 Å². The molecular formula is C21H16N4O3. The van der Waals surface area contributed by atoms with Crippen molar-refractivity contribution < 1.29 is 14.2 Å². The monoisotopic (exact) mass is 372 g/mol. The van der Waals surface area contributed by atoms with Crippen molar-refractivity contribution in [1.29, 1.82) is 0 Å². The summed E-state index contributed by atoms with van der Waals surface area (Å²) in [5, 5.41) is 0.709. The molecule has 0 atom stereocenters. The molecule has 3 heterocycles. The summed E-state index contributed by atoms with van der Waals surface area (Å²) in [5.74, 6) is 2.56. The van der Waals surface area contributed by atoms with E-state index in [2.05, 4.69) is 9.97 Å². The molecule has 0 saturated carbocycles. The minimum Gasteiger partial charge on any atom is -0.497 e. The quantitative estimate of drug-likeness (QED) is 0.586. The number of nitrogens with zero attached hydrogens (tertiary/aromatic N) is 3. The number of fused-ring (bicyclic) bond motifs is 2. The van der Waals surface area contributed by atoms with Gasteiger partial charge in [0.15, 0.2) is 17.1 Å². The molecule has 0 bridgehead atoms. The van der Waals surface area contributed by atoms with Crippen LogP contribution in [0.5, 0.6) is 17.2 Å². The molecule has 4 aromatic rings. The van der Waals surface area contributed by atoms with Crippen LogP contribution in [0.25, 0.3) is 33.4 Å². The number of hydrogen-bond donors (Lipinski definition) is 1. The van der Waals surface area contributed by atoms with E-state index in [0.29, 0.717) is 22.6 Å². The van der Waals surface area contributed by atoms with Crippen LogP contribution >= 0.6 is 0 Å². The second-order valence-corrected chi connectivity index (χ2v) is 6.31. The third-order valence-corrected chi connectivity index (χ3v) is 4.68. The Morgan fingerprint density at radius 3 is 2.75 bits per heavy atom. The number of methoxy groups -OCH3 is 1. The molecule has 7 heteroatoms. The normalized spacial score (nSPS) is 12.3. The van der Waals surface area contributed by atoms with E-state index in [9.17, 15) is 0 Å². The highest BCUT2D eigenvalue weighted by Crippen LogP contribution is 2.38. The van der Waals surface area contributed by atoms with Gasteiger partial charge in [-0.2, -0.15) is 0 Å². The highest BCUT2D eigenvalue weighted by Gasteiger charge is 2.17. The minimum atomic E-state index is 0.225. The van der Waals surface area contributed by atoms with Gasteiger partial charge >= 0.3 is 0 Å². The van der Waals surface area contributed by atoms with Crippen LogP contribution in [0.15, 0.2) is 54.9 Å². The Bertz CT molecular complexity index is 1210. The number of aromatic nitrogens is 3. The molecule has 1 aliphatic heterocycles. The number of nitrogen functional groups attached to an aromatic ring is 1. The van der Waals surface area contributed by atoms with Crippen LogP contribution in [0.4, 0.5) is 5.82 Å². The lowest BCUT2D eigenvalue weighted by Gasteiger charge is -2.12. The molecule has 0 spiro atoms. The first-order valence-corrected chi connectivity index (χ1v) is 8.68. The SMILES string of the molecule is COc1cccc(-c2cc(-c3ccc4c(c3)OCO4)nc3ncnc(N)c23)c1. The number of nitrogens with two attached hydrogens (primary N) is 1. The molecular weight excluding hydrogens is 356 g/mol. The molecule has 1 aliphatic rings.